The van der Waals surface area contributed by atoms with E-state index in [2.05, 4.69) is 0 Å². The van der Waals surface area contributed by atoms with Crippen LogP contribution in [0.1, 0.15) is 5.56 Å². The lowest BCUT2D eigenvalue weighted by Crippen LogP contribution is -2.08. The summed E-state index contributed by atoms with van der Waals surface area (Å²) in [4.78, 5) is 2.04. The van der Waals surface area contributed by atoms with Crippen molar-refractivity contribution in [3.8, 4) is 17.9 Å². The Kier molecular flexibility index (Phi) is 4.80. The molecule has 108 valence electrons. The average Bonchev–Trinajstić information content (AvgIpc) is 2.59. The van der Waals surface area contributed by atoms with E-state index in [1.165, 1.54) is 0 Å². The normalized spacial score (nSPS) is 9.27. The Bertz CT molecular complexity index is 731. The third-order valence-corrected chi connectivity index (χ3v) is 3.29. The van der Waals surface area contributed by atoms with Gasteiger partial charge in [0, 0.05) is 18.4 Å². The highest BCUT2D eigenvalue weighted by Crippen LogP contribution is 2.26. The summed E-state index contributed by atoms with van der Waals surface area (Å²) in [6.07, 6.45) is 1.57. The second-order valence-electron chi connectivity index (χ2n) is 4.63. The molecule has 0 bridgehead atoms. The second kappa shape index (κ2) is 6.97. The third-order valence-electron chi connectivity index (χ3n) is 3.29. The molecule has 0 aromatic heterocycles. The molecule has 4 nitrogen and oxygen atoms in total. The first-order chi connectivity index (χ1) is 10.7. The SMILES string of the molecule is COc1ccc(N(C)c2ccc(C=C(C#N)C#N)cc2)cc1. The number of rotatable bonds is 4. The van der Waals surface area contributed by atoms with E-state index in [4.69, 9.17) is 15.3 Å². The van der Waals surface area contributed by atoms with Gasteiger partial charge in [0.05, 0.1) is 7.11 Å². The van der Waals surface area contributed by atoms with Crippen molar-refractivity contribution in [1.29, 1.82) is 10.5 Å². The molecule has 0 atom stereocenters. The molecule has 2 rings (SSSR count). The van der Waals surface area contributed by atoms with Gasteiger partial charge in [-0.05, 0) is 48.0 Å². The van der Waals surface area contributed by atoms with Gasteiger partial charge in [-0.25, -0.2) is 0 Å². The summed E-state index contributed by atoms with van der Waals surface area (Å²) >= 11 is 0. The lowest BCUT2D eigenvalue weighted by molar-refractivity contribution is 0.415. The first-order valence-electron chi connectivity index (χ1n) is 6.67. The van der Waals surface area contributed by atoms with E-state index in [9.17, 15) is 0 Å². The average molecular weight is 289 g/mol. The summed E-state index contributed by atoms with van der Waals surface area (Å²) in [5.41, 5.74) is 2.97. The van der Waals surface area contributed by atoms with E-state index in [0.717, 1.165) is 22.7 Å². The van der Waals surface area contributed by atoms with Gasteiger partial charge in [0.1, 0.15) is 23.5 Å². The number of hydrogen-bond acceptors (Lipinski definition) is 4. The molecule has 0 fully saturated rings. The predicted octanol–water partition coefficient (Wildman–Crippen LogP) is 3.89. The Morgan fingerprint density at radius 2 is 1.45 bits per heavy atom. The van der Waals surface area contributed by atoms with Crippen molar-refractivity contribution < 1.29 is 4.74 Å². The standard InChI is InChI=1S/C18H15N3O/c1-21(17-7-9-18(22-2)10-8-17)16-5-3-14(4-6-16)11-15(12-19)13-20/h3-11H,1-2H3. The molecule has 0 heterocycles. The third kappa shape index (κ3) is 3.45. The van der Waals surface area contributed by atoms with Crippen LogP contribution >= 0.6 is 0 Å². The Balaban J connectivity index is 2.21. The van der Waals surface area contributed by atoms with Crippen molar-refractivity contribution in [2.45, 2.75) is 0 Å². The van der Waals surface area contributed by atoms with Crippen LogP contribution in [0.5, 0.6) is 5.75 Å². The molecular formula is C18H15N3O. The van der Waals surface area contributed by atoms with E-state index in [1.807, 2.05) is 72.6 Å². The second-order valence-corrected chi connectivity index (χ2v) is 4.63. The highest BCUT2D eigenvalue weighted by atomic mass is 16.5. The Morgan fingerprint density at radius 3 is 1.91 bits per heavy atom. The number of nitriles is 2. The fourth-order valence-corrected chi connectivity index (χ4v) is 2.01. The van der Waals surface area contributed by atoms with E-state index < -0.39 is 0 Å². The summed E-state index contributed by atoms with van der Waals surface area (Å²) in [7, 11) is 3.62. The number of allylic oxidation sites excluding steroid dienone is 1. The largest absolute Gasteiger partial charge is 0.497 e. The van der Waals surface area contributed by atoms with Gasteiger partial charge >= 0.3 is 0 Å². The van der Waals surface area contributed by atoms with Crippen molar-refractivity contribution in [3.63, 3.8) is 0 Å². The number of anilines is 2. The van der Waals surface area contributed by atoms with Crippen molar-refractivity contribution in [2.75, 3.05) is 19.1 Å². The quantitative estimate of drug-likeness (QED) is 0.801. The van der Waals surface area contributed by atoms with Crippen LogP contribution in [0.3, 0.4) is 0 Å². The van der Waals surface area contributed by atoms with Crippen LogP contribution in [-0.2, 0) is 0 Å². The molecule has 4 heteroatoms. The summed E-state index contributed by atoms with van der Waals surface area (Å²) in [5, 5.41) is 17.5. The molecule has 0 spiro atoms. The molecule has 2 aromatic carbocycles. The number of hydrogen-bond donors (Lipinski definition) is 0. The molecule has 2 aromatic rings. The molecule has 0 amide bonds. The van der Waals surface area contributed by atoms with Crippen molar-refractivity contribution >= 4 is 17.5 Å². The van der Waals surface area contributed by atoms with Crippen LogP contribution in [0.4, 0.5) is 11.4 Å². The van der Waals surface area contributed by atoms with Crippen LogP contribution in [0.25, 0.3) is 6.08 Å². The van der Waals surface area contributed by atoms with Gasteiger partial charge in [-0.1, -0.05) is 12.1 Å². The maximum Gasteiger partial charge on any atom is 0.130 e. The van der Waals surface area contributed by atoms with E-state index in [1.54, 1.807) is 13.2 Å². The van der Waals surface area contributed by atoms with Crippen LogP contribution in [0.15, 0.2) is 54.1 Å². The molecule has 0 aliphatic heterocycles. The highest BCUT2D eigenvalue weighted by molar-refractivity contribution is 5.67. The van der Waals surface area contributed by atoms with Gasteiger partial charge in [-0.15, -0.1) is 0 Å². The zero-order valence-electron chi connectivity index (χ0n) is 12.4. The fraction of sp³-hybridized carbons (Fsp3) is 0.111. The Labute approximate surface area is 130 Å². The maximum absolute atomic E-state index is 8.76. The Morgan fingerprint density at radius 1 is 0.955 bits per heavy atom. The monoisotopic (exact) mass is 289 g/mol. The summed E-state index contributed by atoms with van der Waals surface area (Å²) in [5.74, 6) is 0.818. The molecule has 0 aliphatic rings. The molecule has 0 aliphatic carbocycles. The van der Waals surface area contributed by atoms with Crippen LogP contribution in [-0.4, -0.2) is 14.2 Å². The topological polar surface area (TPSA) is 60.0 Å². The lowest BCUT2D eigenvalue weighted by atomic mass is 10.1. The molecule has 0 N–H and O–H groups in total. The van der Waals surface area contributed by atoms with Crippen LogP contribution < -0.4 is 9.64 Å². The number of methoxy groups -OCH3 is 1. The molecule has 0 unspecified atom stereocenters. The first kappa shape index (κ1) is 15.2. The maximum atomic E-state index is 8.76. The van der Waals surface area contributed by atoms with E-state index in [0.29, 0.717) is 0 Å². The highest BCUT2D eigenvalue weighted by Gasteiger charge is 2.04. The van der Waals surface area contributed by atoms with Gasteiger partial charge in [-0.3, -0.25) is 0 Å². The van der Waals surface area contributed by atoms with Gasteiger partial charge in [-0.2, -0.15) is 10.5 Å². The number of nitrogens with zero attached hydrogens (tertiary/aromatic N) is 3. The Hall–Kier alpha value is -3.24. The predicted molar refractivity (Wildman–Crippen MR) is 86.7 cm³/mol. The number of benzene rings is 2. The molecule has 0 radical (unpaired) electrons. The fourth-order valence-electron chi connectivity index (χ4n) is 2.01. The molecule has 0 saturated carbocycles. The van der Waals surface area contributed by atoms with Crippen LogP contribution in [0, 0.1) is 22.7 Å². The minimum atomic E-state index is 0.0938. The van der Waals surface area contributed by atoms with Gasteiger partial charge in [0.15, 0.2) is 0 Å². The summed E-state index contributed by atoms with van der Waals surface area (Å²) in [6.45, 7) is 0. The van der Waals surface area contributed by atoms with Gasteiger partial charge in [0.25, 0.3) is 0 Å². The molecule has 0 saturated heterocycles. The lowest BCUT2D eigenvalue weighted by Gasteiger charge is -2.20. The van der Waals surface area contributed by atoms with E-state index in [-0.39, 0.29) is 5.57 Å². The van der Waals surface area contributed by atoms with E-state index >= 15 is 0 Å². The van der Waals surface area contributed by atoms with Crippen LogP contribution in [0.2, 0.25) is 0 Å². The minimum Gasteiger partial charge on any atom is -0.497 e. The molecule has 22 heavy (non-hydrogen) atoms. The van der Waals surface area contributed by atoms with Crippen molar-refractivity contribution in [2.24, 2.45) is 0 Å². The van der Waals surface area contributed by atoms with Crippen molar-refractivity contribution in [3.05, 3.63) is 59.7 Å². The van der Waals surface area contributed by atoms with Gasteiger partial charge in [0.2, 0.25) is 0 Å². The summed E-state index contributed by atoms with van der Waals surface area (Å²) in [6, 6.07) is 19.1. The summed E-state index contributed by atoms with van der Waals surface area (Å²) < 4.78 is 5.15. The first-order valence-corrected chi connectivity index (χ1v) is 6.67. The smallest absolute Gasteiger partial charge is 0.130 e. The molecular weight excluding hydrogens is 274 g/mol. The van der Waals surface area contributed by atoms with Gasteiger partial charge < -0.3 is 9.64 Å². The zero-order chi connectivity index (χ0) is 15.9. The minimum absolute atomic E-state index is 0.0938. The number of ether oxygens (including phenoxy) is 1. The van der Waals surface area contributed by atoms with Crippen molar-refractivity contribution in [1.82, 2.24) is 0 Å². The zero-order valence-corrected chi connectivity index (χ0v) is 12.4.